The van der Waals surface area contributed by atoms with E-state index in [2.05, 4.69) is 5.10 Å². The topological polar surface area (TPSA) is 56.6 Å². The summed E-state index contributed by atoms with van der Waals surface area (Å²) in [6.07, 6.45) is 4.90. The predicted molar refractivity (Wildman–Crippen MR) is 101 cm³/mol. The number of carbonyl (C=O) groups is 1. The summed E-state index contributed by atoms with van der Waals surface area (Å²) in [5.41, 5.74) is 2.00. The highest BCUT2D eigenvalue weighted by Crippen LogP contribution is 2.26. The molecule has 150 valence electrons. The first kappa shape index (κ1) is 19.1. The molecule has 1 aromatic heterocycles. The van der Waals surface area contributed by atoms with Gasteiger partial charge in [-0.15, -0.1) is 0 Å². The average molecular weight is 387 g/mol. The number of likely N-dealkylation sites (tertiary alicyclic amines) is 1. The molecule has 3 heterocycles. The van der Waals surface area contributed by atoms with Crippen molar-refractivity contribution in [2.24, 2.45) is 7.05 Å². The molecule has 2 aliphatic rings. The first-order valence-electron chi connectivity index (χ1n) is 9.88. The monoisotopic (exact) mass is 387 g/mol. The lowest BCUT2D eigenvalue weighted by atomic mass is 10.0. The third kappa shape index (κ3) is 3.95. The van der Waals surface area contributed by atoms with Crippen LogP contribution < -0.4 is 0 Å². The molecule has 0 saturated carbocycles. The zero-order valence-electron chi connectivity index (χ0n) is 16.1. The Labute approximate surface area is 164 Å². The average Bonchev–Trinajstić information content (AvgIpc) is 3.43. The van der Waals surface area contributed by atoms with Gasteiger partial charge in [0.2, 0.25) is 0 Å². The molecule has 28 heavy (non-hydrogen) atoms. The maximum atomic E-state index is 14.1. The molecule has 6 nitrogen and oxygen atoms in total. The Morgan fingerprint density at radius 3 is 3.00 bits per heavy atom. The van der Waals surface area contributed by atoms with E-state index in [0.29, 0.717) is 43.9 Å². The van der Waals surface area contributed by atoms with Gasteiger partial charge in [-0.2, -0.15) is 5.10 Å². The second-order valence-corrected chi connectivity index (χ2v) is 7.52. The van der Waals surface area contributed by atoms with Crippen molar-refractivity contribution in [2.75, 3.05) is 19.8 Å². The lowest BCUT2D eigenvalue weighted by Gasteiger charge is -2.25. The summed E-state index contributed by atoms with van der Waals surface area (Å²) in [5, 5.41) is 4.28. The van der Waals surface area contributed by atoms with Crippen molar-refractivity contribution in [2.45, 2.75) is 44.4 Å². The van der Waals surface area contributed by atoms with Crippen molar-refractivity contribution in [3.8, 4) is 0 Å². The van der Waals surface area contributed by atoms with Crippen molar-refractivity contribution < 1.29 is 18.7 Å². The first-order valence-corrected chi connectivity index (χ1v) is 9.88. The molecular weight excluding hydrogens is 361 g/mol. The largest absolute Gasteiger partial charge is 0.379 e. The number of aromatic nitrogens is 2. The summed E-state index contributed by atoms with van der Waals surface area (Å²) in [4.78, 5) is 15.1. The van der Waals surface area contributed by atoms with E-state index in [0.717, 1.165) is 25.0 Å². The molecule has 0 spiro atoms. The van der Waals surface area contributed by atoms with Gasteiger partial charge in [0.15, 0.2) is 0 Å². The molecule has 2 saturated heterocycles. The molecule has 2 unspecified atom stereocenters. The number of rotatable bonds is 6. The highest BCUT2D eigenvalue weighted by atomic mass is 19.1. The van der Waals surface area contributed by atoms with E-state index >= 15 is 0 Å². The van der Waals surface area contributed by atoms with Crippen LogP contribution in [0.25, 0.3) is 0 Å². The summed E-state index contributed by atoms with van der Waals surface area (Å²) in [6.45, 7) is 2.33. The van der Waals surface area contributed by atoms with Crippen LogP contribution in [0.5, 0.6) is 0 Å². The molecule has 0 bridgehead atoms. The van der Waals surface area contributed by atoms with Crippen LogP contribution in [0.15, 0.2) is 30.5 Å². The molecule has 0 N–H and O–H groups in total. The summed E-state index contributed by atoms with van der Waals surface area (Å²) >= 11 is 0. The van der Waals surface area contributed by atoms with Crippen molar-refractivity contribution in [3.05, 3.63) is 53.1 Å². The van der Waals surface area contributed by atoms with Gasteiger partial charge in [-0.25, -0.2) is 4.39 Å². The fraction of sp³-hybridized carbons (Fsp3) is 0.524. The van der Waals surface area contributed by atoms with E-state index in [1.54, 1.807) is 23.0 Å². The van der Waals surface area contributed by atoms with Gasteiger partial charge in [-0.05, 0) is 37.3 Å². The first-order chi connectivity index (χ1) is 13.6. The number of hydrogen-bond donors (Lipinski definition) is 0. The van der Waals surface area contributed by atoms with Crippen LogP contribution in [0.2, 0.25) is 0 Å². The summed E-state index contributed by atoms with van der Waals surface area (Å²) in [6, 6.07) is 6.79. The zero-order chi connectivity index (χ0) is 19.5. The van der Waals surface area contributed by atoms with Gasteiger partial charge in [0, 0.05) is 26.2 Å². The number of nitrogens with zero attached hydrogens (tertiary/aromatic N) is 3. The van der Waals surface area contributed by atoms with E-state index < -0.39 is 0 Å². The standard InChI is InChI=1S/C21H26FN3O3/c1-24-20(14-28-17-8-10-27-13-17)18(12-23-24)21(26)25-9-4-6-16(25)11-15-5-2-3-7-19(15)22/h2-3,5,7,12,16-17H,4,6,8-11,13-14H2,1H3. The van der Waals surface area contributed by atoms with Crippen LogP contribution in [0.1, 0.15) is 40.9 Å². The van der Waals surface area contributed by atoms with Crippen molar-refractivity contribution in [1.29, 1.82) is 0 Å². The minimum absolute atomic E-state index is 0.00149. The van der Waals surface area contributed by atoms with E-state index in [9.17, 15) is 9.18 Å². The van der Waals surface area contributed by atoms with Gasteiger partial charge in [0.25, 0.3) is 5.91 Å². The molecule has 0 aliphatic carbocycles. The minimum atomic E-state index is -0.212. The van der Waals surface area contributed by atoms with Gasteiger partial charge in [0.05, 0.1) is 36.8 Å². The maximum absolute atomic E-state index is 14.1. The molecule has 2 aliphatic heterocycles. The molecule has 2 aromatic rings. The second kappa shape index (κ2) is 8.41. The van der Waals surface area contributed by atoms with Crippen molar-refractivity contribution in [1.82, 2.24) is 14.7 Å². The smallest absolute Gasteiger partial charge is 0.257 e. The summed E-state index contributed by atoms with van der Waals surface area (Å²) in [5.74, 6) is -0.260. The Balaban J connectivity index is 1.48. The second-order valence-electron chi connectivity index (χ2n) is 7.52. The number of ether oxygens (including phenoxy) is 2. The van der Waals surface area contributed by atoms with Crippen LogP contribution >= 0.6 is 0 Å². The van der Waals surface area contributed by atoms with Crippen LogP contribution in [0.4, 0.5) is 4.39 Å². The quantitative estimate of drug-likeness (QED) is 0.765. The molecule has 1 aromatic carbocycles. The van der Waals surface area contributed by atoms with Crippen LogP contribution in [-0.2, 0) is 29.5 Å². The van der Waals surface area contributed by atoms with Gasteiger partial charge in [-0.3, -0.25) is 9.48 Å². The Morgan fingerprint density at radius 2 is 2.21 bits per heavy atom. The van der Waals surface area contributed by atoms with Gasteiger partial charge < -0.3 is 14.4 Å². The number of carbonyl (C=O) groups excluding carboxylic acids is 1. The molecule has 2 atom stereocenters. The van der Waals surface area contributed by atoms with Crippen LogP contribution in [0.3, 0.4) is 0 Å². The van der Waals surface area contributed by atoms with E-state index in [1.807, 2.05) is 18.0 Å². The van der Waals surface area contributed by atoms with Crippen molar-refractivity contribution >= 4 is 5.91 Å². The minimum Gasteiger partial charge on any atom is -0.379 e. The molecule has 7 heteroatoms. The third-order valence-corrected chi connectivity index (χ3v) is 5.69. The van der Waals surface area contributed by atoms with Gasteiger partial charge in [0.1, 0.15) is 5.82 Å². The maximum Gasteiger partial charge on any atom is 0.257 e. The lowest BCUT2D eigenvalue weighted by Crippen LogP contribution is -2.37. The summed E-state index contributed by atoms with van der Waals surface area (Å²) in [7, 11) is 1.82. The highest BCUT2D eigenvalue weighted by molar-refractivity contribution is 5.95. The normalized spacial score (nSPS) is 22.1. The summed E-state index contributed by atoms with van der Waals surface area (Å²) < 4.78 is 27.0. The Bertz CT molecular complexity index is 832. The number of amides is 1. The van der Waals surface area contributed by atoms with Crippen molar-refractivity contribution in [3.63, 3.8) is 0 Å². The Kier molecular flexibility index (Phi) is 5.73. The number of benzene rings is 1. The Morgan fingerprint density at radius 1 is 1.36 bits per heavy atom. The van der Waals surface area contributed by atoms with Crippen LogP contribution in [0, 0.1) is 5.82 Å². The van der Waals surface area contributed by atoms with E-state index in [4.69, 9.17) is 9.47 Å². The molecule has 1 amide bonds. The van der Waals surface area contributed by atoms with Gasteiger partial charge >= 0.3 is 0 Å². The fourth-order valence-corrected chi connectivity index (χ4v) is 4.04. The number of aryl methyl sites for hydroxylation is 1. The molecular formula is C21H26FN3O3. The van der Waals surface area contributed by atoms with Gasteiger partial charge in [-0.1, -0.05) is 18.2 Å². The third-order valence-electron chi connectivity index (χ3n) is 5.69. The molecule has 2 fully saturated rings. The Hall–Kier alpha value is -2.25. The van der Waals surface area contributed by atoms with Crippen LogP contribution in [-0.4, -0.2) is 52.5 Å². The van der Waals surface area contributed by atoms with E-state index in [-0.39, 0.29) is 23.9 Å². The number of halogens is 1. The van der Waals surface area contributed by atoms with E-state index in [1.165, 1.54) is 6.07 Å². The highest BCUT2D eigenvalue weighted by Gasteiger charge is 2.32. The predicted octanol–water partition coefficient (Wildman–Crippen LogP) is 2.71. The number of hydrogen-bond acceptors (Lipinski definition) is 4. The molecule has 0 radical (unpaired) electrons. The SMILES string of the molecule is Cn1ncc(C(=O)N2CCCC2Cc2ccccc2F)c1COC1CCOC1. The lowest BCUT2D eigenvalue weighted by molar-refractivity contribution is 0.0280. The molecule has 4 rings (SSSR count). The zero-order valence-corrected chi connectivity index (χ0v) is 16.1. The fourth-order valence-electron chi connectivity index (χ4n) is 4.04.